The monoisotopic (exact) mass is 454 g/mol. The van der Waals surface area contributed by atoms with Crippen molar-refractivity contribution in [1.29, 1.82) is 0 Å². The quantitative estimate of drug-likeness (QED) is 0.209. The van der Waals surface area contributed by atoms with Crippen molar-refractivity contribution in [2.24, 2.45) is 0 Å². The number of aliphatic hydroxyl groups excluding tert-OH is 2. The second-order valence-electron chi connectivity index (χ2n) is 6.71. The first-order chi connectivity index (χ1) is 15.0. The number of hydrogen-bond acceptors (Lipinski definition) is 13. The van der Waals surface area contributed by atoms with Crippen molar-refractivity contribution in [1.82, 2.24) is 0 Å². The van der Waals surface area contributed by atoms with Crippen LogP contribution >= 0.6 is 0 Å². The number of esters is 2. The fraction of sp³-hybridized carbons (Fsp3) is 0.263. The van der Waals surface area contributed by atoms with Crippen molar-refractivity contribution in [2.75, 3.05) is 6.61 Å². The first-order valence-corrected chi connectivity index (χ1v) is 8.89. The minimum Gasteiger partial charge on any atom is -0.504 e. The minimum atomic E-state index is -1.85. The first kappa shape index (κ1) is 22.7. The molecule has 3 rings (SSSR count). The summed E-state index contributed by atoms with van der Waals surface area (Å²) >= 11 is 0. The maximum absolute atomic E-state index is 12.4. The van der Waals surface area contributed by atoms with Gasteiger partial charge in [-0.15, -0.1) is 0 Å². The second-order valence-corrected chi connectivity index (χ2v) is 6.71. The molecule has 0 radical (unpaired) electrons. The highest BCUT2D eigenvalue weighted by Crippen LogP contribution is 2.37. The Bertz CT molecular complexity index is 1000. The van der Waals surface area contributed by atoms with Gasteiger partial charge in [0.25, 0.3) is 0 Å². The number of rotatable bonds is 5. The molecule has 13 heteroatoms. The molecule has 0 aromatic heterocycles. The Morgan fingerprint density at radius 3 is 1.50 bits per heavy atom. The summed E-state index contributed by atoms with van der Waals surface area (Å²) in [6.45, 7) is -0.768. The summed E-state index contributed by atoms with van der Waals surface area (Å²) in [7, 11) is 0. The third-order valence-electron chi connectivity index (χ3n) is 4.56. The average molecular weight is 454 g/mol. The molecule has 13 nitrogen and oxygen atoms in total. The molecule has 0 bridgehead atoms. The lowest BCUT2D eigenvalue weighted by atomic mass is 10.1. The number of aromatic hydroxyl groups is 6. The van der Waals surface area contributed by atoms with E-state index in [4.69, 9.17) is 14.2 Å². The van der Waals surface area contributed by atoms with Gasteiger partial charge >= 0.3 is 11.9 Å². The highest BCUT2D eigenvalue weighted by atomic mass is 16.7. The molecule has 172 valence electrons. The van der Waals surface area contributed by atoms with Crippen LogP contribution in [0.5, 0.6) is 34.5 Å². The summed E-state index contributed by atoms with van der Waals surface area (Å²) in [5, 5.41) is 76.4. The SMILES string of the molecule is O=C(O[C@@H]1[C@@H](CO)OC(O)[C@@H]1OC(=O)c1cc(O)c(O)c(O)c1)c1cc(O)c(O)c(O)c1. The van der Waals surface area contributed by atoms with E-state index in [-0.39, 0.29) is 0 Å². The summed E-state index contributed by atoms with van der Waals surface area (Å²) < 4.78 is 15.2. The smallest absolute Gasteiger partial charge is 0.339 e. The molecule has 1 heterocycles. The number of hydrogen-bond donors (Lipinski definition) is 8. The number of carbonyl (C=O) groups is 2. The number of ether oxygens (including phenoxy) is 3. The number of carbonyl (C=O) groups excluding carboxylic acids is 2. The molecule has 1 saturated heterocycles. The molecule has 8 N–H and O–H groups in total. The van der Waals surface area contributed by atoms with Gasteiger partial charge in [-0.05, 0) is 24.3 Å². The Morgan fingerprint density at radius 1 is 0.750 bits per heavy atom. The van der Waals surface area contributed by atoms with Crippen LogP contribution in [-0.2, 0) is 14.2 Å². The second kappa shape index (κ2) is 8.66. The zero-order valence-corrected chi connectivity index (χ0v) is 15.9. The fourth-order valence-corrected chi connectivity index (χ4v) is 2.95. The van der Waals surface area contributed by atoms with Gasteiger partial charge in [0.2, 0.25) is 0 Å². The molecule has 2 aromatic carbocycles. The summed E-state index contributed by atoms with van der Waals surface area (Å²) in [5.74, 6) is -7.48. The van der Waals surface area contributed by atoms with Crippen LogP contribution in [0.2, 0.25) is 0 Å². The lowest BCUT2D eigenvalue weighted by Crippen LogP contribution is -2.41. The molecular formula is C19H18O13. The molecule has 0 amide bonds. The normalized spacial score (nSPS) is 22.4. The first-order valence-electron chi connectivity index (χ1n) is 8.89. The van der Waals surface area contributed by atoms with E-state index >= 15 is 0 Å². The largest absolute Gasteiger partial charge is 0.504 e. The highest BCUT2D eigenvalue weighted by Gasteiger charge is 2.49. The van der Waals surface area contributed by atoms with Crippen LogP contribution in [0.4, 0.5) is 0 Å². The Kier molecular flexibility index (Phi) is 6.16. The van der Waals surface area contributed by atoms with E-state index in [0.717, 1.165) is 24.3 Å². The van der Waals surface area contributed by atoms with Gasteiger partial charge in [-0.2, -0.15) is 0 Å². The van der Waals surface area contributed by atoms with Crippen molar-refractivity contribution >= 4 is 11.9 Å². The maximum Gasteiger partial charge on any atom is 0.339 e. The highest BCUT2D eigenvalue weighted by molar-refractivity contribution is 5.92. The predicted molar refractivity (Wildman–Crippen MR) is 99.2 cm³/mol. The third kappa shape index (κ3) is 4.25. The molecule has 2 aromatic rings. The topological polar surface area (TPSA) is 224 Å². The number of phenols is 6. The molecular weight excluding hydrogens is 436 g/mol. The lowest BCUT2D eigenvalue weighted by molar-refractivity contribution is -0.135. The summed E-state index contributed by atoms with van der Waals surface area (Å²) in [4.78, 5) is 24.8. The van der Waals surface area contributed by atoms with Gasteiger partial charge in [0, 0.05) is 0 Å². The van der Waals surface area contributed by atoms with E-state index in [0.29, 0.717) is 0 Å². The summed E-state index contributed by atoms with van der Waals surface area (Å²) in [5.41, 5.74) is -0.856. The third-order valence-corrected chi connectivity index (χ3v) is 4.56. The maximum atomic E-state index is 12.4. The van der Waals surface area contributed by atoms with Crippen molar-refractivity contribution in [3.63, 3.8) is 0 Å². The van der Waals surface area contributed by atoms with Crippen molar-refractivity contribution in [2.45, 2.75) is 24.6 Å². The van der Waals surface area contributed by atoms with E-state index in [1.54, 1.807) is 0 Å². The van der Waals surface area contributed by atoms with Crippen LogP contribution in [-0.4, -0.2) is 84.0 Å². The van der Waals surface area contributed by atoms with E-state index in [1.165, 1.54) is 0 Å². The van der Waals surface area contributed by atoms with E-state index in [1.807, 2.05) is 0 Å². The van der Waals surface area contributed by atoms with Gasteiger partial charge in [-0.25, -0.2) is 9.59 Å². The molecule has 0 saturated carbocycles. The van der Waals surface area contributed by atoms with Crippen LogP contribution < -0.4 is 0 Å². The Hall–Kier alpha value is -3.94. The van der Waals surface area contributed by atoms with E-state index < -0.39 is 88.8 Å². The van der Waals surface area contributed by atoms with Gasteiger partial charge in [0.15, 0.2) is 53.0 Å². The molecule has 0 aliphatic carbocycles. The molecule has 32 heavy (non-hydrogen) atoms. The van der Waals surface area contributed by atoms with Gasteiger partial charge < -0.3 is 55.1 Å². The Balaban J connectivity index is 1.83. The molecule has 1 aliphatic rings. The lowest BCUT2D eigenvalue weighted by Gasteiger charge is -2.23. The minimum absolute atomic E-state index is 0.422. The number of aliphatic hydroxyl groups is 2. The van der Waals surface area contributed by atoms with Crippen molar-refractivity contribution in [3.05, 3.63) is 35.4 Å². The average Bonchev–Trinajstić information content (AvgIpc) is 3.03. The van der Waals surface area contributed by atoms with Crippen LogP contribution in [0.25, 0.3) is 0 Å². The zero-order chi connectivity index (χ0) is 23.7. The molecule has 1 aliphatic heterocycles. The standard InChI is InChI=1S/C19H18O13/c20-5-12-15(31-17(27)6-1-8(21)13(25)9(22)2-6)16(19(29)30-12)32-18(28)7-3-10(23)14(26)11(24)4-7/h1-4,12,15-16,19-26,29H,5H2/t12-,15-,16-,19?/m1/s1. The van der Waals surface area contributed by atoms with Gasteiger partial charge in [0.1, 0.15) is 6.10 Å². The fourth-order valence-electron chi connectivity index (χ4n) is 2.95. The predicted octanol–water partition coefficient (Wildman–Crippen LogP) is -0.619. The van der Waals surface area contributed by atoms with Crippen LogP contribution in [0.1, 0.15) is 20.7 Å². The van der Waals surface area contributed by atoms with Crippen molar-refractivity contribution in [3.8, 4) is 34.5 Å². The zero-order valence-electron chi connectivity index (χ0n) is 15.9. The van der Waals surface area contributed by atoms with Gasteiger partial charge in [-0.1, -0.05) is 0 Å². The van der Waals surface area contributed by atoms with Crippen LogP contribution in [0.15, 0.2) is 24.3 Å². The molecule has 0 spiro atoms. The Labute approximate surface area is 178 Å². The summed E-state index contributed by atoms with van der Waals surface area (Å²) in [6, 6.07) is 3.10. The van der Waals surface area contributed by atoms with Gasteiger partial charge in [0.05, 0.1) is 17.7 Å². The van der Waals surface area contributed by atoms with Crippen molar-refractivity contribution < 1.29 is 64.7 Å². The van der Waals surface area contributed by atoms with Gasteiger partial charge in [-0.3, -0.25) is 0 Å². The van der Waals surface area contributed by atoms with E-state index in [2.05, 4.69) is 0 Å². The van der Waals surface area contributed by atoms with E-state index in [9.17, 15) is 50.4 Å². The molecule has 1 unspecified atom stereocenters. The molecule has 4 atom stereocenters. The number of phenolic OH excluding ortho intramolecular Hbond substituents is 6. The number of benzene rings is 2. The summed E-state index contributed by atoms with van der Waals surface area (Å²) in [6.07, 6.45) is -6.44. The van der Waals surface area contributed by atoms with Crippen LogP contribution in [0.3, 0.4) is 0 Å². The Morgan fingerprint density at radius 2 is 1.12 bits per heavy atom. The molecule has 1 fully saturated rings. The van der Waals surface area contributed by atoms with Crippen LogP contribution in [0, 0.1) is 0 Å².